The fourth-order valence-corrected chi connectivity index (χ4v) is 4.52. The van der Waals surface area contributed by atoms with Gasteiger partial charge in [-0.15, -0.1) is 0 Å². The van der Waals surface area contributed by atoms with E-state index in [9.17, 15) is 13.2 Å². The molecule has 6 heteroatoms. The molecule has 0 atom stereocenters. The Morgan fingerprint density at radius 1 is 1.00 bits per heavy atom. The monoisotopic (exact) mass is 352 g/mol. The minimum Gasteiger partial charge on any atom is -0.469 e. The van der Waals surface area contributed by atoms with Crippen LogP contribution in [0.4, 0.5) is 0 Å². The third-order valence-corrected chi connectivity index (χ3v) is 6.61. The summed E-state index contributed by atoms with van der Waals surface area (Å²) in [5.41, 5.74) is -0.956. The zero-order valence-electron chi connectivity index (χ0n) is 16.2. The molecular formula is C17H36O5S. The van der Waals surface area contributed by atoms with Crippen molar-refractivity contribution < 1.29 is 22.7 Å². The van der Waals surface area contributed by atoms with Gasteiger partial charge in [-0.1, -0.05) is 40.5 Å². The van der Waals surface area contributed by atoms with Gasteiger partial charge in [-0.25, -0.2) is 8.42 Å². The number of carbonyl (C=O) groups is 1. The van der Waals surface area contributed by atoms with E-state index in [2.05, 4.69) is 0 Å². The Hall–Kier alpha value is -0.620. The Morgan fingerprint density at radius 3 is 1.74 bits per heavy atom. The van der Waals surface area contributed by atoms with Crippen LogP contribution in [0.3, 0.4) is 0 Å². The highest BCUT2D eigenvalue weighted by atomic mass is 32.2. The lowest BCUT2D eigenvalue weighted by atomic mass is 9.81. The second-order valence-electron chi connectivity index (χ2n) is 6.22. The molecule has 0 spiro atoms. The van der Waals surface area contributed by atoms with E-state index >= 15 is 0 Å². The van der Waals surface area contributed by atoms with Crippen LogP contribution < -0.4 is 0 Å². The number of hydrogen-bond acceptors (Lipinski definition) is 5. The molecular weight excluding hydrogens is 316 g/mol. The smallest absolute Gasteiger partial charge is 0.312 e. The number of sulfone groups is 1. The average molecular weight is 353 g/mol. The van der Waals surface area contributed by atoms with Crippen LogP contribution in [0.15, 0.2) is 0 Å². The third-order valence-electron chi connectivity index (χ3n) is 3.88. The first-order chi connectivity index (χ1) is 10.6. The highest BCUT2D eigenvalue weighted by Crippen LogP contribution is 2.36. The molecule has 0 saturated heterocycles. The second kappa shape index (κ2) is 11.0. The van der Waals surface area contributed by atoms with Crippen LogP contribution in [-0.4, -0.2) is 45.7 Å². The molecule has 0 radical (unpaired) electrons. The van der Waals surface area contributed by atoms with E-state index in [1.165, 1.54) is 14.2 Å². The lowest BCUT2D eigenvalue weighted by Gasteiger charge is -2.34. The first-order valence-corrected chi connectivity index (χ1v) is 10.1. The second-order valence-corrected chi connectivity index (χ2v) is 8.85. The first kappa shape index (κ1) is 24.6. The molecule has 0 bridgehead atoms. The molecule has 5 nitrogen and oxygen atoms in total. The molecule has 0 aliphatic heterocycles. The predicted molar refractivity (Wildman–Crippen MR) is 95.4 cm³/mol. The maximum atomic E-state index is 12.7. The number of esters is 1. The molecule has 0 amide bonds. The summed E-state index contributed by atoms with van der Waals surface area (Å²) in [4.78, 5) is 12.3. The van der Waals surface area contributed by atoms with Crippen molar-refractivity contribution in [3.05, 3.63) is 0 Å². The largest absolute Gasteiger partial charge is 0.469 e. The van der Waals surface area contributed by atoms with E-state index in [-0.39, 0.29) is 12.4 Å². The molecule has 0 aliphatic rings. The van der Waals surface area contributed by atoms with Crippen molar-refractivity contribution in [2.75, 3.05) is 26.6 Å². The summed E-state index contributed by atoms with van der Waals surface area (Å²) in [5, 5.41) is 0. The quantitative estimate of drug-likeness (QED) is 0.562. The van der Waals surface area contributed by atoms with Gasteiger partial charge < -0.3 is 9.47 Å². The van der Waals surface area contributed by atoms with E-state index in [1.807, 2.05) is 27.7 Å². The average Bonchev–Trinajstić information content (AvgIpc) is 2.48. The van der Waals surface area contributed by atoms with E-state index in [4.69, 9.17) is 9.47 Å². The minimum absolute atomic E-state index is 0.102. The maximum absolute atomic E-state index is 12.7. The van der Waals surface area contributed by atoms with Crippen molar-refractivity contribution in [2.24, 2.45) is 5.41 Å². The zero-order chi connectivity index (χ0) is 18.7. The molecule has 140 valence electrons. The first-order valence-electron chi connectivity index (χ1n) is 8.42. The van der Waals surface area contributed by atoms with Crippen molar-refractivity contribution in [1.82, 2.24) is 0 Å². The van der Waals surface area contributed by atoms with Gasteiger partial charge in [0, 0.05) is 7.11 Å². The summed E-state index contributed by atoms with van der Waals surface area (Å²) in [6.07, 6.45) is 2.48. The van der Waals surface area contributed by atoms with Crippen LogP contribution >= 0.6 is 0 Å². The Bertz CT molecular complexity index is 420. The lowest BCUT2D eigenvalue weighted by molar-refractivity contribution is -0.152. The number of methoxy groups -OCH3 is 2. The molecule has 0 aromatic heterocycles. The van der Waals surface area contributed by atoms with Gasteiger partial charge in [-0.2, -0.15) is 0 Å². The molecule has 0 saturated carbocycles. The number of rotatable bonds is 10. The summed E-state index contributed by atoms with van der Waals surface area (Å²) in [7, 11) is -0.715. The molecule has 0 rings (SSSR count). The zero-order valence-corrected chi connectivity index (χ0v) is 17.0. The van der Waals surface area contributed by atoms with Crippen LogP contribution in [0.1, 0.15) is 67.2 Å². The molecule has 0 aliphatic carbocycles. The maximum Gasteiger partial charge on any atom is 0.312 e. The fraction of sp³-hybridized carbons (Fsp3) is 0.941. The van der Waals surface area contributed by atoms with Gasteiger partial charge in [0.2, 0.25) is 0 Å². The SMILES string of the molecule is CC.CCCC(CCC)(CS(=O)(=O)C(C)(C)COC)C(=O)OC. The van der Waals surface area contributed by atoms with Gasteiger partial charge in [-0.05, 0) is 26.7 Å². The Labute approximate surface area is 143 Å². The fourth-order valence-electron chi connectivity index (χ4n) is 2.70. The van der Waals surface area contributed by atoms with E-state index in [0.29, 0.717) is 12.8 Å². The Kier molecular flexibility index (Phi) is 11.8. The van der Waals surface area contributed by atoms with Crippen LogP contribution in [-0.2, 0) is 24.1 Å². The van der Waals surface area contributed by atoms with Crippen molar-refractivity contribution >= 4 is 15.8 Å². The number of ether oxygens (including phenoxy) is 2. The highest BCUT2D eigenvalue weighted by molar-refractivity contribution is 7.92. The normalized spacial score (nSPS) is 12.3. The molecule has 0 unspecified atom stereocenters. The molecule has 23 heavy (non-hydrogen) atoms. The lowest BCUT2D eigenvalue weighted by Crippen LogP contribution is -2.46. The van der Waals surface area contributed by atoms with Gasteiger partial charge in [0.25, 0.3) is 0 Å². The molecule has 0 aromatic carbocycles. The van der Waals surface area contributed by atoms with Crippen molar-refractivity contribution in [1.29, 1.82) is 0 Å². The number of hydrogen-bond donors (Lipinski definition) is 0. The van der Waals surface area contributed by atoms with Gasteiger partial charge in [0.05, 0.1) is 29.6 Å². The van der Waals surface area contributed by atoms with Gasteiger partial charge >= 0.3 is 5.97 Å². The molecule has 0 aromatic rings. The topological polar surface area (TPSA) is 69.7 Å². The number of carbonyl (C=O) groups excluding carboxylic acids is 1. The van der Waals surface area contributed by atoms with Gasteiger partial charge in [0.15, 0.2) is 9.84 Å². The van der Waals surface area contributed by atoms with Crippen LogP contribution in [0.2, 0.25) is 0 Å². The van der Waals surface area contributed by atoms with E-state index in [0.717, 1.165) is 12.8 Å². The Morgan fingerprint density at radius 2 is 1.43 bits per heavy atom. The summed E-state index contributed by atoms with van der Waals surface area (Å²) in [6.45, 7) is 11.3. The summed E-state index contributed by atoms with van der Waals surface area (Å²) >= 11 is 0. The molecule has 0 fully saturated rings. The van der Waals surface area contributed by atoms with Gasteiger partial charge in [-0.3, -0.25) is 4.79 Å². The summed E-state index contributed by atoms with van der Waals surface area (Å²) < 4.78 is 34.4. The van der Waals surface area contributed by atoms with Crippen LogP contribution in [0.5, 0.6) is 0 Å². The standard InChI is InChI=1S/C15H30O5S.C2H6/c1-7-9-15(10-8-2,13(16)20-6)12-21(17,18)14(3,4)11-19-5;1-2/h7-12H2,1-6H3;1-2H3. The summed E-state index contributed by atoms with van der Waals surface area (Å²) in [6, 6.07) is 0. The Balaban J connectivity index is 0. The van der Waals surface area contributed by atoms with Crippen molar-refractivity contribution in [3.8, 4) is 0 Å². The van der Waals surface area contributed by atoms with Crippen molar-refractivity contribution in [3.63, 3.8) is 0 Å². The van der Waals surface area contributed by atoms with Crippen LogP contribution in [0.25, 0.3) is 0 Å². The highest BCUT2D eigenvalue weighted by Gasteiger charge is 2.46. The van der Waals surface area contributed by atoms with E-state index < -0.39 is 26.0 Å². The summed E-state index contributed by atoms with van der Waals surface area (Å²) in [5.74, 6) is -0.618. The molecule has 0 heterocycles. The minimum atomic E-state index is -3.50. The third kappa shape index (κ3) is 6.79. The van der Waals surface area contributed by atoms with Crippen molar-refractivity contribution in [2.45, 2.75) is 72.0 Å². The predicted octanol–water partition coefficient (Wildman–Crippen LogP) is 3.61. The van der Waals surface area contributed by atoms with Crippen LogP contribution in [0, 0.1) is 5.41 Å². The van der Waals surface area contributed by atoms with E-state index in [1.54, 1.807) is 13.8 Å². The van der Waals surface area contributed by atoms with Gasteiger partial charge in [0.1, 0.15) is 0 Å². The molecule has 0 N–H and O–H groups in total.